The lowest BCUT2D eigenvalue weighted by Gasteiger charge is -2.27. The molecule has 2 heterocycles. The van der Waals surface area contributed by atoms with Crippen LogP contribution in [0.25, 0.3) is 0 Å². The Morgan fingerprint density at radius 2 is 2.00 bits per heavy atom. The van der Waals surface area contributed by atoms with Crippen LogP contribution in [0.2, 0.25) is 0 Å². The van der Waals surface area contributed by atoms with Crippen molar-refractivity contribution in [2.45, 2.75) is 45.6 Å². The van der Waals surface area contributed by atoms with Crippen molar-refractivity contribution in [3.8, 4) is 0 Å². The quantitative estimate of drug-likeness (QED) is 0.768. The number of amides is 2. The van der Waals surface area contributed by atoms with Gasteiger partial charge in [-0.05, 0) is 43.9 Å². The molecule has 0 spiro atoms. The fourth-order valence-corrected chi connectivity index (χ4v) is 3.44. The van der Waals surface area contributed by atoms with Gasteiger partial charge < -0.3 is 14.4 Å². The molecule has 1 aromatic rings. The van der Waals surface area contributed by atoms with Gasteiger partial charge in [-0.25, -0.2) is 4.98 Å². The third-order valence-electron chi connectivity index (χ3n) is 5.22. The predicted molar refractivity (Wildman–Crippen MR) is 89.8 cm³/mol. The van der Waals surface area contributed by atoms with Crippen LogP contribution in [-0.2, 0) is 6.54 Å². The van der Waals surface area contributed by atoms with Gasteiger partial charge in [0.15, 0.2) is 5.82 Å². The van der Waals surface area contributed by atoms with Crippen molar-refractivity contribution in [1.82, 2.24) is 19.4 Å². The summed E-state index contributed by atoms with van der Waals surface area (Å²) in [5.41, 5.74) is 0.431. The van der Waals surface area contributed by atoms with E-state index in [0.717, 1.165) is 39.1 Å². The molecule has 3 aliphatic rings. The van der Waals surface area contributed by atoms with Gasteiger partial charge in [0.2, 0.25) is 0 Å². The first-order chi connectivity index (χ1) is 11.7. The van der Waals surface area contributed by atoms with Crippen LogP contribution in [0.4, 0.5) is 0 Å². The number of carbonyl (C=O) groups excluding carboxylic acids is 2. The second-order valence-electron chi connectivity index (χ2n) is 7.53. The second kappa shape index (κ2) is 6.22. The van der Waals surface area contributed by atoms with Gasteiger partial charge in [0.25, 0.3) is 11.8 Å². The number of imidazole rings is 1. The van der Waals surface area contributed by atoms with E-state index >= 15 is 0 Å². The Morgan fingerprint density at radius 1 is 1.25 bits per heavy atom. The minimum atomic E-state index is -0.0211. The standard InChI is InChI=1S/C18H26N4O2/c1-2-7-21(10-13-3-4-13)17(23)15-12-20-8-9-22(11-14-5-6-14)18(24)16(20)19-15/h12-14H,2-11H2,1H3. The number of carbonyl (C=O) groups is 2. The Morgan fingerprint density at radius 3 is 2.67 bits per heavy atom. The summed E-state index contributed by atoms with van der Waals surface area (Å²) in [6, 6.07) is 0. The van der Waals surface area contributed by atoms with E-state index in [2.05, 4.69) is 11.9 Å². The summed E-state index contributed by atoms with van der Waals surface area (Å²) in [5.74, 6) is 1.74. The summed E-state index contributed by atoms with van der Waals surface area (Å²) in [6.45, 7) is 6.00. The zero-order valence-corrected chi connectivity index (χ0v) is 14.4. The zero-order valence-electron chi connectivity index (χ0n) is 14.4. The van der Waals surface area contributed by atoms with Crippen molar-refractivity contribution in [2.24, 2.45) is 11.8 Å². The van der Waals surface area contributed by atoms with Crippen molar-refractivity contribution in [3.63, 3.8) is 0 Å². The van der Waals surface area contributed by atoms with E-state index in [1.807, 2.05) is 14.4 Å². The molecular formula is C18H26N4O2. The van der Waals surface area contributed by atoms with Gasteiger partial charge in [0.1, 0.15) is 5.69 Å². The van der Waals surface area contributed by atoms with E-state index < -0.39 is 0 Å². The normalized spacial score (nSPS) is 20.2. The zero-order chi connectivity index (χ0) is 16.7. The number of nitrogens with zero attached hydrogens (tertiary/aromatic N) is 4. The molecule has 0 unspecified atom stereocenters. The highest BCUT2D eigenvalue weighted by molar-refractivity contribution is 5.96. The number of rotatable bonds is 7. The highest BCUT2D eigenvalue weighted by atomic mass is 16.2. The topological polar surface area (TPSA) is 58.4 Å². The SMILES string of the molecule is CCCN(CC1CC1)C(=O)c1cn2c(n1)C(=O)N(CC1CC1)CC2. The number of hydrogen-bond acceptors (Lipinski definition) is 3. The van der Waals surface area contributed by atoms with Gasteiger partial charge in [-0.1, -0.05) is 6.92 Å². The molecular weight excluding hydrogens is 304 g/mol. The summed E-state index contributed by atoms with van der Waals surface area (Å²) in [5, 5.41) is 0. The largest absolute Gasteiger partial charge is 0.337 e. The molecule has 0 N–H and O–H groups in total. The fourth-order valence-electron chi connectivity index (χ4n) is 3.44. The van der Waals surface area contributed by atoms with E-state index in [4.69, 9.17) is 0 Å². The Hall–Kier alpha value is -1.85. The Kier molecular flexibility index (Phi) is 4.06. The van der Waals surface area contributed by atoms with Crippen LogP contribution < -0.4 is 0 Å². The molecule has 1 aliphatic heterocycles. The van der Waals surface area contributed by atoms with Gasteiger partial charge >= 0.3 is 0 Å². The molecule has 4 rings (SSSR count). The van der Waals surface area contributed by atoms with E-state index in [1.165, 1.54) is 25.7 Å². The van der Waals surface area contributed by atoms with E-state index in [-0.39, 0.29) is 11.8 Å². The molecule has 0 atom stereocenters. The van der Waals surface area contributed by atoms with Crippen molar-refractivity contribution >= 4 is 11.8 Å². The lowest BCUT2D eigenvalue weighted by molar-refractivity contribution is 0.0688. The van der Waals surface area contributed by atoms with Gasteiger partial charge in [-0.15, -0.1) is 0 Å². The Bertz CT molecular complexity index is 645. The minimum Gasteiger partial charge on any atom is -0.337 e. The first kappa shape index (κ1) is 15.7. The molecule has 1 aromatic heterocycles. The molecule has 130 valence electrons. The van der Waals surface area contributed by atoms with E-state index in [0.29, 0.717) is 23.4 Å². The molecule has 0 aromatic carbocycles. The summed E-state index contributed by atoms with van der Waals surface area (Å²) in [4.78, 5) is 33.7. The van der Waals surface area contributed by atoms with Crippen LogP contribution >= 0.6 is 0 Å². The van der Waals surface area contributed by atoms with Gasteiger partial charge in [0.05, 0.1) is 0 Å². The molecule has 2 amide bonds. The average molecular weight is 330 g/mol. The molecule has 2 aliphatic carbocycles. The highest BCUT2D eigenvalue weighted by Crippen LogP contribution is 2.31. The van der Waals surface area contributed by atoms with Crippen LogP contribution in [0.15, 0.2) is 6.20 Å². The van der Waals surface area contributed by atoms with Gasteiger partial charge in [0, 0.05) is 38.9 Å². The van der Waals surface area contributed by atoms with Crippen LogP contribution in [0, 0.1) is 11.8 Å². The first-order valence-electron chi connectivity index (χ1n) is 9.31. The molecule has 2 fully saturated rings. The summed E-state index contributed by atoms with van der Waals surface area (Å²) < 4.78 is 1.86. The predicted octanol–water partition coefficient (Wildman–Crippen LogP) is 2.01. The highest BCUT2D eigenvalue weighted by Gasteiger charge is 2.34. The third-order valence-corrected chi connectivity index (χ3v) is 5.22. The van der Waals surface area contributed by atoms with Crippen molar-refractivity contribution in [1.29, 1.82) is 0 Å². The number of aromatic nitrogens is 2. The Balaban J connectivity index is 1.50. The molecule has 2 saturated carbocycles. The molecule has 6 nitrogen and oxygen atoms in total. The number of fused-ring (bicyclic) bond motifs is 1. The Labute approximate surface area is 142 Å². The molecule has 0 radical (unpaired) electrons. The lowest BCUT2D eigenvalue weighted by atomic mass is 10.3. The summed E-state index contributed by atoms with van der Waals surface area (Å²) in [7, 11) is 0. The van der Waals surface area contributed by atoms with Crippen molar-refractivity contribution < 1.29 is 9.59 Å². The lowest BCUT2D eigenvalue weighted by Crippen LogP contribution is -2.41. The monoisotopic (exact) mass is 330 g/mol. The maximum atomic E-state index is 12.8. The third kappa shape index (κ3) is 3.19. The molecule has 0 bridgehead atoms. The minimum absolute atomic E-state index is 0.0172. The molecule has 6 heteroatoms. The molecule has 24 heavy (non-hydrogen) atoms. The van der Waals surface area contributed by atoms with Crippen LogP contribution in [0.5, 0.6) is 0 Å². The average Bonchev–Trinajstić information content (AvgIpc) is 3.49. The van der Waals surface area contributed by atoms with E-state index in [9.17, 15) is 9.59 Å². The van der Waals surface area contributed by atoms with E-state index in [1.54, 1.807) is 6.20 Å². The van der Waals surface area contributed by atoms with Crippen LogP contribution in [-0.4, -0.2) is 57.3 Å². The van der Waals surface area contributed by atoms with Crippen molar-refractivity contribution in [2.75, 3.05) is 26.2 Å². The maximum Gasteiger partial charge on any atom is 0.289 e. The second-order valence-corrected chi connectivity index (χ2v) is 7.53. The van der Waals surface area contributed by atoms with Crippen LogP contribution in [0.1, 0.15) is 60.1 Å². The smallest absolute Gasteiger partial charge is 0.289 e. The number of hydrogen-bond donors (Lipinski definition) is 0. The fraction of sp³-hybridized carbons (Fsp3) is 0.722. The van der Waals surface area contributed by atoms with Crippen molar-refractivity contribution in [3.05, 3.63) is 17.7 Å². The maximum absolute atomic E-state index is 12.8. The van der Waals surface area contributed by atoms with Gasteiger partial charge in [-0.3, -0.25) is 9.59 Å². The summed E-state index contributed by atoms with van der Waals surface area (Å²) >= 11 is 0. The first-order valence-corrected chi connectivity index (χ1v) is 9.31. The summed E-state index contributed by atoms with van der Waals surface area (Å²) in [6.07, 6.45) is 7.63. The van der Waals surface area contributed by atoms with Gasteiger partial charge in [-0.2, -0.15) is 0 Å². The van der Waals surface area contributed by atoms with Crippen LogP contribution in [0.3, 0.4) is 0 Å². The molecule has 0 saturated heterocycles.